The van der Waals surface area contributed by atoms with E-state index in [9.17, 15) is 4.79 Å². The summed E-state index contributed by atoms with van der Waals surface area (Å²) in [5, 5.41) is 21.1. The fraction of sp³-hybridized carbons (Fsp3) is 0.357. The summed E-state index contributed by atoms with van der Waals surface area (Å²) in [5.74, 6) is 0.688. The quantitative estimate of drug-likeness (QED) is 0.638. The Morgan fingerprint density at radius 1 is 1.48 bits per heavy atom. The van der Waals surface area contributed by atoms with E-state index in [0.717, 1.165) is 11.1 Å². The number of H-pyrrole nitrogens is 1. The Morgan fingerprint density at radius 3 is 3.00 bits per heavy atom. The topological polar surface area (TPSA) is 103 Å². The number of nitrogens with zero attached hydrogens (tertiary/aromatic N) is 2. The zero-order chi connectivity index (χ0) is 15.1. The van der Waals surface area contributed by atoms with E-state index in [0.29, 0.717) is 18.8 Å². The number of rotatable bonds is 6. The molecule has 7 heteroatoms. The molecular weight excluding hydrogens is 270 g/mol. The number of aliphatic hydroxyl groups is 1. The van der Waals surface area contributed by atoms with Gasteiger partial charge in [-0.3, -0.25) is 5.10 Å². The van der Waals surface area contributed by atoms with Crippen molar-refractivity contribution in [2.75, 3.05) is 6.61 Å². The van der Waals surface area contributed by atoms with Crippen molar-refractivity contribution in [3.63, 3.8) is 0 Å². The van der Waals surface area contributed by atoms with Crippen molar-refractivity contribution in [2.24, 2.45) is 0 Å². The van der Waals surface area contributed by atoms with E-state index in [-0.39, 0.29) is 18.7 Å². The number of aliphatic hydroxyl groups excluding tert-OH is 1. The summed E-state index contributed by atoms with van der Waals surface area (Å²) in [7, 11) is 0. The third-order valence-corrected chi connectivity index (χ3v) is 3.12. The van der Waals surface area contributed by atoms with Gasteiger partial charge in [-0.05, 0) is 18.1 Å². The molecule has 0 aliphatic rings. The monoisotopic (exact) mass is 289 g/mol. The molecular formula is C14H19N5O2. The van der Waals surface area contributed by atoms with Crippen LogP contribution in [-0.2, 0) is 6.54 Å². The van der Waals surface area contributed by atoms with Gasteiger partial charge in [-0.2, -0.15) is 5.10 Å². The summed E-state index contributed by atoms with van der Waals surface area (Å²) < 4.78 is 0. The van der Waals surface area contributed by atoms with Crippen LogP contribution in [0.5, 0.6) is 0 Å². The van der Waals surface area contributed by atoms with Crippen LogP contribution in [0.4, 0.5) is 4.79 Å². The number of hydrogen-bond donors (Lipinski definition) is 4. The SMILES string of the molecule is CCC(CO)NC(=O)NCc1cccc(-c2ncn[nH]2)c1. The van der Waals surface area contributed by atoms with Crippen LogP contribution in [0, 0.1) is 0 Å². The molecule has 1 heterocycles. The summed E-state index contributed by atoms with van der Waals surface area (Å²) in [6.45, 7) is 2.24. The molecule has 0 saturated heterocycles. The Labute approximate surface area is 122 Å². The van der Waals surface area contributed by atoms with Crippen LogP contribution in [0.15, 0.2) is 30.6 Å². The summed E-state index contributed by atoms with van der Waals surface area (Å²) in [5.41, 5.74) is 1.87. The molecule has 0 saturated carbocycles. The fourth-order valence-electron chi connectivity index (χ4n) is 1.87. The number of carbonyl (C=O) groups excluding carboxylic acids is 1. The van der Waals surface area contributed by atoms with Crippen LogP contribution in [-0.4, -0.2) is 39.0 Å². The lowest BCUT2D eigenvalue weighted by Gasteiger charge is -2.14. The molecule has 2 aromatic rings. The summed E-state index contributed by atoms with van der Waals surface area (Å²) in [6.07, 6.45) is 2.14. The van der Waals surface area contributed by atoms with Crippen molar-refractivity contribution in [3.05, 3.63) is 36.2 Å². The lowest BCUT2D eigenvalue weighted by atomic mass is 10.1. The zero-order valence-corrected chi connectivity index (χ0v) is 11.8. The van der Waals surface area contributed by atoms with Gasteiger partial charge in [0.25, 0.3) is 0 Å². The molecule has 2 amide bonds. The largest absolute Gasteiger partial charge is 0.394 e. The second-order valence-corrected chi connectivity index (χ2v) is 4.65. The number of carbonyl (C=O) groups is 1. The highest BCUT2D eigenvalue weighted by Gasteiger charge is 2.08. The molecule has 21 heavy (non-hydrogen) atoms. The first-order valence-corrected chi connectivity index (χ1v) is 6.82. The average molecular weight is 289 g/mol. The van der Waals surface area contributed by atoms with Crippen LogP contribution < -0.4 is 10.6 Å². The molecule has 1 atom stereocenters. The summed E-state index contributed by atoms with van der Waals surface area (Å²) in [6, 6.07) is 7.16. The Hall–Kier alpha value is -2.41. The molecule has 0 radical (unpaired) electrons. The smallest absolute Gasteiger partial charge is 0.315 e. The standard InChI is InChI=1S/C14H19N5O2/c1-2-12(8-20)18-14(21)15-7-10-4-3-5-11(6-10)13-16-9-17-19-13/h3-6,9,12,20H,2,7-8H2,1H3,(H2,15,18,21)(H,16,17,19). The van der Waals surface area contributed by atoms with Crippen LogP contribution in [0.1, 0.15) is 18.9 Å². The van der Waals surface area contributed by atoms with Crippen molar-refractivity contribution < 1.29 is 9.90 Å². The Kier molecular flexibility index (Phi) is 5.28. The van der Waals surface area contributed by atoms with E-state index >= 15 is 0 Å². The highest BCUT2D eigenvalue weighted by atomic mass is 16.3. The highest BCUT2D eigenvalue weighted by Crippen LogP contribution is 2.15. The maximum absolute atomic E-state index is 11.7. The van der Waals surface area contributed by atoms with Gasteiger partial charge in [0.2, 0.25) is 0 Å². The van der Waals surface area contributed by atoms with Gasteiger partial charge in [-0.15, -0.1) is 0 Å². The van der Waals surface area contributed by atoms with E-state index in [1.807, 2.05) is 31.2 Å². The van der Waals surface area contributed by atoms with Gasteiger partial charge < -0.3 is 15.7 Å². The summed E-state index contributed by atoms with van der Waals surface area (Å²) in [4.78, 5) is 15.8. The van der Waals surface area contributed by atoms with Gasteiger partial charge >= 0.3 is 6.03 Å². The second-order valence-electron chi connectivity index (χ2n) is 4.65. The zero-order valence-electron chi connectivity index (χ0n) is 11.8. The van der Waals surface area contributed by atoms with Crippen LogP contribution in [0.2, 0.25) is 0 Å². The Morgan fingerprint density at radius 2 is 2.33 bits per heavy atom. The molecule has 0 spiro atoms. The molecule has 0 bridgehead atoms. The highest BCUT2D eigenvalue weighted by molar-refractivity contribution is 5.74. The molecule has 1 aromatic heterocycles. The molecule has 4 N–H and O–H groups in total. The Balaban J connectivity index is 1.92. The normalized spacial score (nSPS) is 11.9. The number of aromatic nitrogens is 3. The second kappa shape index (κ2) is 7.39. The van der Waals surface area contributed by atoms with E-state index in [1.54, 1.807) is 0 Å². The molecule has 1 aromatic carbocycles. The number of amides is 2. The molecule has 0 aliphatic heterocycles. The third-order valence-electron chi connectivity index (χ3n) is 3.12. The minimum atomic E-state index is -0.291. The van der Waals surface area contributed by atoms with Crippen molar-refractivity contribution in [1.82, 2.24) is 25.8 Å². The minimum Gasteiger partial charge on any atom is -0.394 e. The molecule has 1 unspecified atom stereocenters. The van der Waals surface area contributed by atoms with Gasteiger partial charge in [0.05, 0.1) is 12.6 Å². The average Bonchev–Trinajstić information content (AvgIpc) is 3.05. The van der Waals surface area contributed by atoms with Crippen LogP contribution in [0.3, 0.4) is 0 Å². The summed E-state index contributed by atoms with van der Waals surface area (Å²) >= 11 is 0. The van der Waals surface area contributed by atoms with Crippen molar-refractivity contribution in [1.29, 1.82) is 0 Å². The molecule has 0 aliphatic carbocycles. The molecule has 7 nitrogen and oxygen atoms in total. The fourth-order valence-corrected chi connectivity index (χ4v) is 1.87. The predicted octanol–water partition coefficient (Wildman–Crippen LogP) is 1.04. The van der Waals surface area contributed by atoms with Crippen LogP contribution >= 0.6 is 0 Å². The predicted molar refractivity (Wildman–Crippen MR) is 78.4 cm³/mol. The van der Waals surface area contributed by atoms with Crippen molar-refractivity contribution >= 4 is 6.03 Å². The maximum Gasteiger partial charge on any atom is 0.315 e. The van der Waals surface area contributed by atoms with E-state index in [2.05, 4.69) is 25.8 Å². The van der Waals surface area contributed by atoms with Crippen LogP contribution in [0.25, 0.3) is 11.4 Å². The van der Waals surface area contributed by atoms with Crippen molar-refractivity contribution in [2.45, 2.75) is 25.9 Å². The minimum absolute atomic E-state index is 0.0646. The van der Waals surface area contributed by atoms with E-state index < -0.39 is 0 Å². The molecule has 112 valence electrons. The van der Waals surface area contributed by atoms with E-state index in [4.69, 9.17) is 5.11 Å². The van der Waals surface area contributed by atoms with Crippen molar-refractivity contribution in [3.8, 4) is 11.4 Å². The molecule has 2 rings (SSSR count). The molecule has 0 fully saturated rings. The number of hydrogen-bond acceptors (Lipinski definition) is 4. The first kappa shape index (κ1) is 15.0. The number of nitrogens with one attached hydrogen (secondary N) is 3. The van der Waals surface area contributed by atoms with Gasteiger partial charge in [0.1, 0.15) is 6.33 Å². The van der Waals surface area contributed by atoms with E-state index in [1.165, 1.54) is 6.33 Å². The first-order valence-electron chi connectivity index (χ1n) is 6.82. The lowest BCUT2D eigenvalue weighted by molar-refractivity contribution is 0.214. The van der Waals surface area contributed by atoms with Gasteiger partial charge in [0.15, 0.2) is 5.82 Å². The number of aromatic amines is 1. The Bertz CT molecular complexity index is 567. The third kappa shape index (κ3) is 4.28. The van der Waals surface area contributed by atoms with Gasteiger partial charge in [-0.25, -0.2) is 9.78 Å². The lowest BCUT2D eigenvalue weighted by Crippen LogP contribution is -2.43. The van der Waals surface area contributed by atoms with Gasteiger partial charge in [0, 0.05) is 12.1 Å². The number of urea groups is 1. The maximum atomic E-state index is 11.7. The first-order chi connectivity index (χ1) is 10.2. The van der Waals surface area contributed by atoms with Gasteiger partial charge in [-0.1, -0.05) is 25.1 Å². The number of benzene rings is 1.